The minimum absolute atomic E-state index is 0.0850. The normalized spacial score (nSPS) is 27.1. The van der Waals surface area contributed by atoms with Gasteiger partial charge in [0.25, 0.3) is 5.56 Å². The fourth-order valence-corrected chi connectivity index (χ4v) is 7.74. The Bertz CT molecular complexity index is 1560. The third-order valence-corrected chi connectivity index (χ3v) is 10.6. The van der Waals surface area contributed by atoms with Gasteiger partial charge in [-0.1, -0.05) is 40.5 Å². The predicted octanol–water partition coefficient (Wildman–Crippen LogP) is 6.06. The number of carbonyl (C=O) groups excluding carboxylic acids is 3. The number of alkyl carbamates (subject to hydrolysis) is 1. The summed E-state index contributed by atoms with van der Waals surface area (Å²) in [6, 6.07) is 3.21. The highest BCUT2D eigenvalue weighted by molar-refractivity contribution is 5.93. The van der Waals surface area contributed by atoms with Gasteiger partial charge in [-0.15, -0.1) is 13.2 Å². The number of aromatic nitrogens is 2. The summed E-state index contributed by atoms with van der Waals surface area (Å²) in [5, 5.41) is 2.64. The molecule has 1 spiro atoms. The molecular formula is C34H45F3N4O6. The summed E-state index contributed by atoms with van der Waals surface area (Å²) in [4.78, 5) is 60.1. The molecule has 5 atom stereocenters. The number of Topliss-reactive ketones (excluding diaryl/α,β-unsaturated/α-hetero) is 1. The number of likely N-dealkylation sites (tertiary alicyclic amines) is 1. The zero-order valence-corrected chi connectivity index (χ0v) is 27.5. The van der Waals surface area contributed by atoms with E-state index < -0.39 is 29.8 Å². The number of amides is 2. The number of fused-ring (bicyclic) bond motifs is 1. The van der Waals surface area contributed by atoms with Crippen molar-refractivity contribution in [1.29, 1.82) is 0 Å². The first-order valence-corrected chi connectivity index (χ1v) is 16.7. The highest BCUT2D eigenvalue weighted by Gasteiger charge is 2.64. The van der Waals surface area contributed by atoms with Crippen LogP contribution in [0.4, 0.5) is 18.0 Å². The van der Waals surface area contributed by atoms with Crippen molar-refractivity contribution >= 4 is 28.8 Å². The van der Waals surface area contributed by atoms with E-state index in [0.717, 1.165) is 63.5 Å². The van der Waals surface area contributed by atoms with Crippen LogP contribution in [-0.2, 0) is 20.7 Å². The third-order valence-electron chi connectivity index (χ3n) is 10.6. The second-order valence-corrected chi connectivity index (χ2v) is 14.2. The number of H-pyrrole nitrogens is 1. The molecule has 1 saturated heterocycles. The first-order valence-electron chi connectivity index (χ1n) is 16.7. The summed E-state index contributed by atoms with van der Waals surface area (Å²) in [6.45, 7) is 8.28. The molecule has 0 radical (unpaired) electrons. The molecule has 47 heavy (non-hydrogen) atoms. The van der Waals surface area contributed by atoms with Crippen LogP contribution in [0, 0.1) is 22.7 Å². The highest BCUT2D eigenvalue weighted by atomic mass is 19.4. The lowest BCUT2D eigenvalue weighted by atomic mass is 9.81. The molecule has 258 valence electrons. The van der Waals surface area contributed by atoms with Crippen LogP contribution in [0.2, 0.25) is 0 Å². The van der Waals surface area contributed by atoms with Crippen LogP contribution < -0.4 is 15.6 Å². The van der Waals surface area contributed by atoms with Crippen molar-refractivity contribution < 1.29 is 37.0 Å². The quantitative estimate of drug-likeness (QED) is 0.264. The number of ketones is 1. The lowest BCUT2D eigenvalue weighted by Gasteiger charge is -2.31. The van der Waals surface area contributed by atoms with Gasteiger partial charge in [-0.05, 0) is 69.4 Å². The van der Waals surface area contributed by atoms with E-state index in [1.807, 2.05) is 13.8 Å². The largest absolute Gasteiger partial charge is 0.573 e. The molecular weight excluding hydrogens is 617 g/mol. The molecule has 2 amide bonds. The van der Waals surface area contributed by atoms with Gasteiger partial charge >= 0.3 is 12.5 Å². The number of aromatic amines is 1. The van der Waals surface area contributed by atoms with E-state index in [-0.39, 0.29) is 46.6 Å². The maximum atomic E-state index is 13.2. The number of rotatable bonds is 12. The molecule has 1 aromatic heterocycles. The Morgan fingerprint density at radius 3 is 2.60 bits per heavy atom. The van der Waals surface area contributed by atoms with E-state index in [4.69, 9.17) is 4.74 Å². The highest BCUT2D eigenvalue weighted by Crippen LogP contribution is 2.62. The number of alkyl halides is 3. The average molecular weight is 663 g/mol. The van der Waals surface area contributed by atoms with Gasteiger partial charge in [0.15, 0.2) is 5.78 Å². The molecule has 2 aliphatic carbocycles. The Balaban J connectivity index is 1.07. The molecule has 2 aromatic rings. The Kier molecular flexibility index (Phi) is 9.94. The topological polar surface area (TPSA) is 131 Å². The fraction of sp³-hybridized carbons (Fsp3) is 0.676. The number of unbranched alkanes of at least 4 members (excludes halogenated alkanes) is 2. The first-order chi connectivity index (χ1) is 22.1. The van der Waals surface area contributed by atoms with Gasteiger partial charge < -0.3 is 24.7 Å². The van der Waals surface area contributed by atoms with Gasteiger partial charge in [-0.2, -0.15) is 0 Å². The summed E-state index contributed by atoms with van der Waals surface area (Å²) in [6.07, 6.45) is 2.17. The molecule has 2 N–H and O–H groups in total. The van der Waals surface area contributed by atoms with E-state index in [0.29, 0.717) is 36.5 Å². The number of ether oxygens (including phenoxy) is 2. The van der Waals surface area contributed by atoms with E-state index >= 15 is 0 Å². The molecule has 1 aliphatic heterocycles. The van der Waals surface area contributed by atoms with Crippen LogP contribution in [0.1, 0.15) is 91.2 Å². The van der Waals surface area contributed by atoms with Gasteiger partial charge in [0.2, 0.25) is 5.91 Å². The monoisotopic (exact) mass is 662 g/mol. The number of carbonyl (C=O) groups is 3. The molecule has 2 heterocycles. The van der Waals surface area contributed by atoms with Crippen molar-refractivity contribution in [3.63, 3.8) is 0 Å². The van der Waals surface area contributed by atoms with E-state index in [1.54, 1.807) is 4.90 Å². The Hall–Kier alpha value is -3.64. The fourth-order valence-electron chi connectivity index (χ4n) is 7.74. The van der Waals surface area contributed by atoms with Gasteiger partial charge in [0.05, 0.1) is 17.1 Å². The first kappa shape index (κ1) is 34.7. The Morgan fingerprint density at radius 2 is 1.91 bits per heavy atom. The minimum Gasteiger partial charge on any atom is -0.446 e. The van der Waals surface area contributed by atoms with E-state index in [1.165, 1.54) is 6.07 Å². The van der Waals surface area contributed by atoms with Crippen LogP contribution in [0.3, 0.4) is 0 Å². The summed E-state index contributed by atoms with van der Waals surface area (Å²) in [5.41, 5.74) is 0.0742. The number of nitrogens with zero attached hydrogens (tertiary/aromatic N) is 2. The number of hydrogen-bond acceptors (Lipinski definition) is 7. The summed E-state index contributed by atoms with van der Waals surface area (Å²) in [5.74, 6) is -0.366. The Morgan fingerprint density at radius 1 is 1.17 bits per heavy atom. The zero-order chi connectivity index (χ0) is 34.1. The number of nitrogens with one attached hydrogen (secondary N) is 2. The minimum atomic E-state index is -4.83. The smallest absolute Gasteiger partial charge is 0.446 e. The molecule has 3 unspecified atom stereocenters. The number of benzene rings is 1. The predicted molar refractivity (Wildman–Crippen MR) is 168 cm³/mol. The van der Waals surface area contributed by atoms with Crippen LogP contribution in [0.5, 0.6) is 5.75 Å². The van der Waals surface area contributed by atoms with Gasteiger partial charge in [0, 0.05) is 29.4 Å². The van der Waals surface area contributed by atoms with Crippen molar-refractivity contribution in [2.24, 2.45) is 22.7 Å². The number of aryl methyl sites for hydroxylation is 1. The van der Waals surface area contributed by atoms with Gasteiger partial charge in [0.1, 0.15) is 24.1 Å². The van der Waals surface area contributed by atoms with Crippen molar-refractivity contribution in [2.75, 3.05) is 13.1 Å². The molecule has 10 nitrogen and oxygen atoms in total. The van der Waals surface area contributed by atoms with Crippen molar-refractivity contribution in [3.8, 4) is 5.75 Å². The summed E-state index contributed by atoms with van der Waals surface area (Å²) in [7, 11) is 0. The van der Waals surface area contributed by atoms with Crippen LogP contribution in [0.25, 0.3) is 11.0 Å². The standard InChI is InChI=1S/C34H45F3N4O6/c1-20(2)28(43)29-33(18-21(33)3)15-16-41(29)27(42)19-38-31(45)46-26-10-8-14-32(26,4)13-7-5-6-9-24-30(44)40-25-17-22(47-34(35,36)37)11-12-23(25)39-24/h11-12,17,20-21,26,29H,5-10,13-16,18-19H2,1-4H3,(H,38,45)(H,40,44)/t21-,26?,29-,32?,33?/m1/s1. The lowest BCUT2D eigenvalue weighted by molar-refractivity contribution is -0.274. The Labute approximate surface area is 272 Å². The third kappa shape index (κ3) is 7.75. The van der Waals surface area contributed by atoms with Crippen LogP contribution in [-0.4, -0.2) is 64.2 Å². The average Bonchev–Trinajstić information content (AvgIpc) is 3.28. The molecule has 13 heteroatoms. The second-order valence-electron chi connectivity index (χ2n) is 14.2. The van der Waals surface area contributed by atoms with Crippen LogP contribution in [0.15, 0.2) is 23.0 Å². The van der Waals surface area contributed by atoms with Crippen molar-refractivity contribution in [2.45, 2.75) is 110 Å². The van der Waals surface area contributed by atoms with Crippen molar-refractivity contribution in [3.05, 3.63) is 34.2 Å². The molecule has 5 rings (SSSR count). The number of hydrogen-bond donors (Lipinski definition) is 2. The lowest BCUT2D eigenvalue weighted by Crippen LogP contribution is -2.49. The van der Waals surface area contributed by atoms with Gasteiger partial charge in [-0.25, -0.2) is 9.78 Å². The summed E-state index contributed by atoms with van der Waals surface area (Å²) >= 11 is 0. The zero-order valence-electron chi connectivity index (χ0n) is 27.5. The molecule has 0 bridgehead atoms. The van der Waals surface area contributed by atoms with Gasteiger partial charge in [-0.3, -0.25) is 14.4 Å². The second kappa shape index (κ2) is 13.5. The number of halogens is 3. The molecule has 3 fully saturated rings. The van der Waals surface area contributed by atoms with Crippen LogP contribution >= 0.6 is 0 Å². The maximum Gasteiger partial charge on any atom is 0.573 e. The molecule has 2 saturated carbocycles. The molecule has 3 aliphatic rings. The maximum absolute atomic E-state index is 13.2. The molecule has 1 aromatic carbocycles. The SMILES string of the molecule is CC(C)C(=O)[C@H]1N(C(=O)CNC(=O)OC2CCCC2(C)CCCCCc2nc3ccc(OC(F)(F)F)cc3[nH]c2=O)CCC12C[C@H]2C. The summed E-state index contributed by atoms with van der Waals surface area (Å²) < 4.78 is 47.3. The van der Waals surface area contributed by atoms with E-state index in [2.05, 4.69) is 33.9 Å². The van der Waals surface area contributed by atoms with Crippen molar-refractivity contribution in [1.82, 2.24) is 20.2 Å². The van der Waals surface area contributed by atoms with E-state index in [9.17, 15) is 32.3 Å².